The first-order chi connectivity index (χ1) is 17.7. The zero-order chi connectivity index (χ0) is 27.6. The molecule has 0 saturated carbocycles. The van der Waals surface area contributed by atoms with Crippen LogP contribution in [0.5, 0.6) is 0 Å². The lowest BCUT2D eigenvalue weighted by atomic mass is 9.94. The van der Waals surface area contributed by atoms with E-state index in [1.54, 1.807) is 0 Å². The molecule has 0 spiro atoms. The molecule has 0 aromatic heterocycles. The average molecular weight is 527 g/mol. The summed E-state index contributed by atoms with van der Waals surface area (Å²) in [4.78, 5) is 49.5. The van der Waals surface area contributed by atoms with Gasteiger partial charge in [-0.3, -0.25) is 29.6 Å². The average Bonchev–Trinajstić information content (AvgIpc) is 2.88. The van der Waals surface area contributed by atoms with Crippen molar-refractivity contribution in [3.05, 3.63) is 0 Å². The van der Waals surface area contributed by atoms with E-state index in [1.807, 2.05) is 6.92 Å². The minimum absolute atomic E-state index is 0.0122. The lowest BCUT2D eigenvalue weighted by molar-refractivity contribution is -0.166. The van der Waals surface area contributed by atoms with Gasteiger partial charge in [0.25, 0.3) is 0 Å². The second-order valence-corrected chi connectivity index (χ2v) is 10.3. The normalized spacial score (nSPS) is 24.4. The van der Waals surface area contributed by atoms with Crippen LogP contribution < -0.4 is 10.6 Å². The molecule has 0 radical (unpaired) electrons. The zero-order valence-corrected chi connectivity index (χ0v) is 23.2. The van der Waals surface area contributed by atoms with Crippen LogP contribution in [-0.2, 0) is 19.2 Å². The van der Waals surface area contributed by atoms with E-state index >= 15 is 0 Å². The number of rotatable bonds is 5. The number of hydrogen-bond donors (Lipinski definition) is 4. The summed E-state index contributed by atoms with van der Waals surface area (Å²) >= 11 is 0. The zero-order valence-electron chi connectivity index (χ0n) is 23.2. The number of nitrogens with zero attached hydrogens (tertiary/aromatic N) is 2. The molecule has 0 aromatic carbocycles. The predicted octanol–water partition coefficient (Wildman–Crippen LogP) is 3.93. The van der Waals surface area contributed by atoms with Gasteiger partial charge in [0.05, 0.1) is 0 Å². The summed E-state index contributed by atoms with van der Waals surface area (Å²) in [5.74, 6) is -1.12. The van der Waals surface area contributed by atoms with Gasteiger partial charge in [0.1, 0.15) is 0 Å². The Morgan fingerprint density at radius 3 is 1.89 bits per heavy atom. The van der Waals surface area contributed by atoms with Crippen molar-refractivity contribution >= 4 is 23.6 Å². The van der Waals surface area contributed by atoms with Crippen LogP contribution in [0.3, 0.4) is 0 Å². The lowest BCUT2D eigenvalue weighted by Gasteiger charge is -2.25. The molecule has 1 rings (SSSR count). The van der Waals surface area contributed by atoms with Gasteiger partial charge < -0.3 is 10.6 Å². The van der Waals surface area contributed by atoms with E-state index in [0.29, 0.717) is 35.8 Å². The third-order valence-corrected chi connectivity index (χ3v) is 7.21. The summed E-state index contributed by atoms with van der Waals surface area (Å²) in [5, 5.41) is 27.6. The Hall–Kier alpha value is -2.20. The molecule has 1 fully saturated rings. The quantitative estimate of drug-likeness (QED) is 0.400. The van der Waals surface area contributed by atoms with Crippen LogP contribution in [0.2, 0.25) is 0 Å². The van der Waals surface area contributed by atoms with Crippen molar-refractivity contribution in [1.82, 2.24) is 20.8 Å². The van der Waals surface area contributed by atoms with E-state index in [9.17, 15) is 29.6 Å². The Labute approximate surface area is 222 Å². The molecule has 0 aliphatic carbocycles. The fraction of sp³-hybridized carbons (Fsp3) is 0.852. The maximum Gasteiger partial charge on any atom is 0.246 e. The van der Waals surface area contributed by atoms with Crippen molar-refractivity contribution in [3.8, 4) is 0 Å². The number of hydroxylamine groups is 4. The Bertz CT molecular complexity index is 704. The highest BCUT2D eigenvalue weighted by molar-refractivity contribution is 5.84. The fourth-order valence-electron chi connectivity index (χ4n) is 4.50. The minimum Gasteiger partial charge on any atom is -0.353 e. The monoisotopic (exact) mass is 526 g/mol. The van der Waals surface area contributed by atoms with Crippen LogP contribution in [0, 0.1) is 5.92 Å². The molecule has 4 N–H and O–H groups in total. The van der Waals surface area contributed by atoms with Crippen LogP contribution in [0.1, 0.15) is 117 Å². The molecular formula is C27H50N4O6. The summed E-state index contributed by atoms with van der Waals surface area (Å²) in [6.45, 7) is 6.57. The smallest absolute Gasteiger partial charge is 0.246 e. The lowest BCUT2D eigenvalue weighted by Crippen LogP contribution is -2.40. The van der Waals surface area contributed by atoms with Crippen molar-refractivity contribution in [2.75, 3.05) is 13.1 Å². The minimum atomic E-state index is -0.469. The summed E-state index contributed by atoms with van der Waals surface area (Å²) in [6, 6.07) is -0.0649. The maximum absolute atomic E-state index is 12.5. The Morgan fingerprint density at radius 1 is 0.784 bits per heavy atom. The highest BCUT2D eigenvalue weighted by Crippen LogP contribution is 2.16. The van der Waals surface area contributed by atoms with Crippen molar-refractivity contribution in [2.45, 2.75) is 129 Å². The van der Waals surface area contributed by atoms with E-state index in [4.69, 9.17) is 0 Å². The number of hydrogen-bond acceptors (Lipinski definition) is 6. The first-order valence-electron chi connectivity index (χ1n) is 14.2. The molecule has 1 aliphatic heterocycles. The molecule has 1 saturated heterocycles. The third-order valence-electron chi connectivity index (χ3n) is 7.21. The number of unbranched alkanes of at least 4 members (excludes halogenated alkanes) is 1. The topological polar surface area (TPSA) is 139 Å². The van der Waals surface area contributed by atoms with E-state index in [1.165, 1.54) is 0 Å². The summed E-state index contributed by atoms with van der Waals surface area (Å²) in [6.07, 6.45) is 8.65. The summed E-state index contributed by atoms with van der Waals surface area (Å²) < 4.78 is 0. The molecule has 37 heavy (non-hydrogen) atoms. The molecular weight excluding hydrogens is 476 g/mol. The third kappa shape index (κ3) is 14.4. The predicted molar refractivity (Wildman–Crippen MR) is 141 cm³/mol. The maximum atomic E-state index is 12.5. The van der Waals surface area contributed by atoms with Crippen LogP contribution in [0.25, 0.3) is 0 Å². The second kappa shape index (κ2) is 19.0. The van der Waals surface area contributed by atoms with Gasteiger partial charge in [-0.05, 0) is 44.4 Å². The van der Waals surface area contributed by atoms with E-state index in [0.717, 1.165) is 44.9 Å². The molecule has 3 atom stereocenters. The molecule has 214 valence electrons. The van der Waals surface area contributed by atoms with Crippen molar-refractivity contribution in [2.24, 2.45) is 5.92 Å². The molecule has 0 aromatic rings. The van der Waals surface area contributed by atoms with Crippen molar-refractivity contribution < 1.29 is 29.6 Å². The summed E-state index contributed by atoms with van der Waals surface area (Å²) in [7, 11) is 0. The van der Waals surface area contributed by atoms with Crippen molar-refractivity contribution in [1.29, 1.82) is 0 Å². The van der Waals surface area contributed by atoms with Crippen LogP contribution in [0.4, 0.5) is 0 Å². The van der Waals surface area contributed by atoms with Crippen molar-refractivity contribution in [3.63, 3.8) is 0 Å². The van der Waals surface area contributed by atoms with Crippen LogP contribution >= 0.6 is 0 Å². The molecule has 10 nitrogen and oxygen atoms in total. The van der Waals surface area contributed by atoms with E-state index < -0.39 is 11.8 Å². The number of amides is 4. The summed E-state index contributed by atoms with van der Waals surface area (Å²) in [5.41, 5.74) is 0. The Kier molecular flexibility index (Phi) is 16.8. The van der Waals surface area contributed by atoms with Gasteiger partial charge >= 0.3 is 0 Å². The van der Waals surface area contributed by atoms with Crippen LogP contribution in [0.15, 0.2) is 0 Å². The van der Waals surface area contributed by atoms with Gasteiger partial charge in [0.15, 0.2) is 0 Å². The number of carbonyl (C=O) groups is 4. The fourth-order valence-corrected chi connectivity index (χ4v) is 4.50. The molecule has 1 heterocycles. The highest BCUT2D eigenvalue weighted by Gasteiger charge is 2.21. The standard InChI is InChI=1S/C27H50N4O6/c1-4-6-12-22-13-8-7-10-19-30(36)27(35)18-16-25(33)29-23(21(3)5-2)14-9-11-20-31(37)26(34)17-15-24(32)28-22/h21-23,36-37H,4-20H2,1-3H3,(H,28,32)(H,29,33). The van der Waals surface area contributed by atoms with Gasteiger partial charge in [-0.2, -0.15) is 0 Å². The van der Waals surface area contributed by atoms with E-state index in [2.05, 4.69) is 24.5 Å². The van der Waals surface area contributed by atoms with Gasteiger partial charge in [-0.1, -0.05) is 52.9 Å². The molecule has 3 unspecified atom stereocenters. The largest absolute Gasteiger partial charge is 0.353 e. The molecule has 1 aliphatic rings. The van der Waals surface area contributed by atoms with E-state index in [-0.39, 0.29) is 68.6 Å². The SMILES string of the molecule is CCCCC1CCCCCN(O)C(=O)CCC(=O)NC(C(C)CC)CCCCN(O)C(=O)CCC(=O)N1. The Balaban J connectivity index is 2.79. The van der Waals surface area contributed by atoms with Gasteiger partial charge in [-0.15, -0.1) is 0 Å². The highest BCUT2D eigenvalue weighted by atomic mass is 16.5. The number of nitrogens with one attached hydrogen (secondary N) is 2. The molecule has 0 bridgehead atoms. The molecule has 10 heteroatoms. The number of carbonyl (C=O) groups excluding carboxylic acids is 4. The van der Waals surface area contributed by atoms with Gasteiger partial charge in [-0.25, -0.2) is 10.1 Å². The first kappa shape index (κ1) is 32.8. The second-order valence-electron chi connectivity index (χ2n) is 10.3. The molecule has 4 amide bonds. The first-order valence-corrected chi connectivity index (χ1v) is 14.2. The van der Waals surface area contributed by atoms with Gasteiger partial charge in [0, 0.05) is 50.9 Å². The van der Waals surface area contributed by atoms with Crippen LogP contribution in [-0.4, -0.2) is 69.3 Å². The Morgan fingerprint density at radius 2 is 1.32 bits per heavy atom. The van der Waals surface area contributed by atoms with Gasteiger partial charge in [0.2, 0.25) is 23.6 Å².